The first-order valence-electron chi connectivity index (χ1n) is 4.24. The molecule has 1 amide bonds. The van der Waals surface area contributed by atoms with E-state index in [9.17, 15) is 4.79 Å². The number of rotatable bonds is 1. The molecule has 2 heterocycles. The van der Waals surface area contributed by atoms with Crippen LogP contribution < -0.4 is 5.73 Å². The third-order valence-electron chi connectivity index (χ3n) is 2.21. The van der Waals surface area contributed by atoms with Crippen molar-refractivity contribution in [2.24, 2.45) is 16.0 Å². The minimum absolute atomic E-state index is 0.393. The van der Waals surface area contributed by atoms with Crippen molar-refractivity contribution in [2.45, 2.75) is 19.4 Å². The Morgan fingerprint density at radius 3 is 2.86 bits per heavy atom. The maximum Gasteiger partial charge on any atom is 0.250 e. The highest BCUT2D eigenvalue weighted by molar-refractivity contribution is 5.93. The molecule has 0 radical (unpaired) electrons. The van der Waals surface area contributed by atoms with Gasteiger partial charge in [-0.05, 0) is 19.9 Å². The molecular weight excluding hydrogens is 180 g/mol. The lowest BCUT2D eigenvalue weighted by molar-refractivity contribution is 0.1000. The standard InChI is InChI=1S/C9H10N4O/c1-9(2)6-3-5(7(10)14)4-11-8(6)12-13-9/h3-4H,1-2H3,(H2,10,14). The lowest BCUT2D eigenvalue weighted by Crippen LogP contribution is -2.15. The van der Waals surface area contributed by atoms with E-state index in [1.807, 2.05) is 13.8 Å². The quantitative estimate of drug-likeness (QED) is 0.728. The minimum Gasteiger partial charge on any atom is -0.366 e. The highest BCUT2D eigenvalue weighted by Crippen LogP contribution is 2.38. The fraction of sp³-hybridized carbons (Fsp3) is 0.333. The van der Waals surface area contributed by atoms with E-state index < -0.39 is 11.4 Å². The van der Waals surface area contributed by atoms with E-state index in [-0.39, 0.29) is 0 Å². The van der Waals surface area contributed by atoms with Crippen LogP contribution in [0, 0.1) is 0 Å². The van der Waals surface area contributed by atoms with E-state index in [4.69, 9.17) is 5.73 Å². The summed E-state index contributed by atoms with van der Waals surface area (Å²) in [7, 11) is 0. The molecule has 2 rings (SSSR count). The molecule has 0 saturated heterocycles. The van der Waals surface area contributed by atoms with Gasteiger partial charge in [0.15, 0.2) is 5.82 Å². The number of carbonyl (C=O) groups is 1. The Hall–Kier alpha value is -1.78. The van der Waals surface area contributed by atoms with Gasteiger partial charge >= 0.3 is 0 Å². The van der Waals surface area contributed by atoms with E-state index in [0.717, 1.165) is 5.56 Å². The Labute approximate surface area is 81.1 Å². The predicted octanol–water partition coefficient (Wildman–Crippen LogP) is 1.51. The zero-order chi connectivity index (χ0) is 10.3. The summed E-state index contributed by atoms with van der Waals surface area (Å²) >= 11 is 0. The van der Waals surface area contributed by atoms with E-state index in [2.05, 4.69) is 15.2 Å². The number of hydrogen-bond donors (Lipinski definition) is 1. The summed E-state index contributed by atoms with van der Waals surface area (Å²) in [5, 5.41) is 7.96. The van der Waals surface area contributed by atoms with Gasteiger partial charge in [-0.2, -0.15) is 5.11 Å². The molecule has 0 fully saturated rings. The Kier molecular flexibility index (Phi) is 1.64. The first-order chi connectivity index (χ1) is 6.50. The van der Waals surface area contributed by atoms with Crippen LogP contribution in [0.5, 0.6) is 0 Å². The van der Waals surface area contributed by atoms with Gasteiger partial charge in [0.1, 0.15) is 5.54 Å². The molecule has 72 valence electrons. The van der Waals surface area contributed by atoms with Crippen molar-refractivity contribution >= 4 is 11.7 Å². The summed E-state index contributed by atoms with van der Waals surface area (Å²) in [5.41, 5.74) is 5.98. The van der Waals surface area contributed by atoms with Gasteiger partial charge in [-0.1, -0.05) is 0 Å². The summed E-state index contributed by atoms with van der Waals surface area (Å²) < 4.78 is 0. The number of pyridine rings is 1. The van der Waals surface area contributed by atoms with Crippen molar-refractivity contribution in [3.05, 3.63) is 23.4 Å². The van der Waals surface area contributed by atoms with Crippen LogP contribution in [0.3, 0.4) is 0 Å². The summed E-state index contributed by atoms with van der Waals surface area (Å²) in [6.07, 6.45) is 1.42. The average molecular weight is 190 g/mol. The van der Waals surface area contributed by atoms with Gasteiger partial charge in [-0.25, -0.2) is 4.98 Å². The van der Waals surface area contributed by atoms with Gasteiger partial charge < -0.3 is 5.73 Å². The van der Waals surface area contributed by atoms with Crippen molar-refractivity contribution in [3.8, 4) is 0 Å². The fourth-order valence-electron chi connectivity index (χ4n) is 1.35. The van der Waals surface area contributed by atoms with Crippen molar-refractivity contribution in [1.82, 2.24) is 4.98 Å². The van der Waals surface area contributed by atoms with Gasteiger partial charge in [-0.3, -0.25) is 4.79 Å². The number of fused-ring (bicyclic) bond motifs is 1. The van der Waals surface area contributed by atoms with Gasteiger partial charge in [-0.15, -0.1) is 5.11 Å². The molecular formula is C9H10N4O. The molecule has 0 aromatic carbocycles. The maximum atomic E-state index is 10.9. The number of aromatic nitrogens is 1. The zero-order valence-electron chi connectivity index (χ0n) is 7.98. The molecule has 2 N–H and O–H groups in total. The molecule has 1 aliphatic heterocycles. The first kappa shape index (κ1) is 8.80. The molecule has 0 bridgehead atoms. The molecule has 5 nitrogen and oxygen atoms in total. The van der Waals surface area contributed by atoms with E-state index in [0.29, 0.717) is 11.4 Å². The lowest BCUT2D eigenvalue weighted by atomic mass is 9.96. The molecule has 1 aromatic heterocycles. The first-order valence-corrected chi connectivity index (χ1v) is 4.24. The second-order valence-corrected chi connectivity index (χ2v) is 3.72. The number of carbonyl (C=O) groups excluding carboxylic acids is 1. The number of hydrogen-bond acceptors (Lipinski definition) is 4. The highest BCUT2D eigenvalue weighted by atomic mass is 16.1. The summed E-state index contributed by atoms with van der Waals surface area (Å²) in [4.78, 5) is 14.9. The van der Waals surface area contributed by atoms with Crippen LogP contribution in [0.1, 0.15) is 29.8 Å². The second kappa shape index (κ2) is 2.60. The molecule has 5 heteroatoms. The van der Waals surface area contributed by atoms with Crippen molar-refractivity contribution < 1.29 is 4.79 Å². The lowest BCUT2D eigenvalue weighted by Gasteiger charge is -2.13. The number of nitrogens with two attached hydrogens (primary N) is 1. The number of azo groups is 1. The smallest absolute Gasteiger partial charge is 0.250 e. The van der Waals surface area contributed by atoms with Crippen LogP contribution in [0.2, 0.25) is 0 Å². The normalized spacial score (nSPS) is 16.7. The fourth-order valence-corrected chi connectivity index (χ4v) is 1.35. The molecule has 14 heavy (non-hydrogen) atoms. The largest absolute Gasteiger partial charge is 0.366 e. The highest BCUT2D eigenvalue weighted by Gasteiger charge is 2.30. The van der Waals surface area contributed by atoms with Crippen LogP contribution in [-0.2, 0) is 5.54 Å². The van der Waals surface area contributed by atoms with Gasteiger partial charge in [0, 0.05) is 11.8 Å². The van der Waals surface area contributed by atoms with Crippen molar-refractivity contribution in [1.29, 1.82) is 0 Å². The Bertz CT molecular complexity index is 436. The molecule has 0 atom stereocenters. The van der Waals surface area contributed by atoms with Crippen LogP contribution in [0.4, 0.5) is 5.82 Å². The topological polar surface area (TPSA) is 80.7 Å². The molecule has 0 spiro atoms. The Morgan fingerprint density at radius 1 is 1.50 bits per heavy atom. The van der Waals surface area contributed by atoms with Crippen LogP contribution in [0.25, 0.3) is 0 Å². The molecule has 0 saturated carbocycles. The van der Waals surface area contributed by atoms with E-state index in [1.165, 1.54) is 6.20 Å². The zero-order valence-corrected chi connectivity index (χ0v) is 7.98. The molecule has 1 aliphatic rings. The SMILES string of the molecule is CC1(C)N=Nc2ncc(C(N)=O)cc21. The minimum atomic E-state index is -0.483. The van der Waals surface area contributed by atoms with E-state index >= 15 is 0 Å². The van der Waals surface area contributed by atoms with E-state index in [1.54, 1.807) is 6.07 Å². The van der Waals surface area contributed by atoms with Crippen LogP contribution in [0.15, 0.2) is 22.5 Å². The van der Waals surface area contributed by atoms with Crippen molar-refractivity contribution in [2.75, 3.05) is 0 Å². The summed E-state index contributed by atoms with van der Waals surface area (Å²) in [6.45, 7) is 3.82. The number of primary amides is 1. The second-order valence-electron chi connectivity index (χ2n) is 3.72. The third-order valence-corrected chi connectivity index (χ3v) is 2.21. The van der Waals surface area contributed by atoms with Crippen molar-refractivity contribution in [3.63, 3.8) is 0 Å². The average Bonchev–Trinajstić information content (AvgIpc) is 2.42. The summed E-state index contributed by atoms with van der Waals surface area (Å²) in [6, 6.07) is 1.70. The monoisotopic (exact) mass is 190 g/mol. The van der Waals surface area contributed by atoms with Crippen LogP contribution >= 0.6 is 0 Å². The summed E-state index contributed by atoms with van der Waals surface area (Å²) in [5.74, 6) is 0.0861. The number of amides is 1. The molecule has 0 aliphatic carbocycles. The molecule has 1 aromatic rings. The Morgan fingerprint density at radius 2 is 2.21 bits per heavy atom. The van der Waals surface area contributed by atoms with Gasteiger partial charge in [0.25, 0.3) is 0 Å². The molecule has 0 unspecified atom stereocenters. The Balaban J connectivity index is 2.57. The predicted molar refractivity (Wildman–Crippen MR) is 50.3 cm³/mol. The van der Waals surface area contributed by atoms with Gasteiger partial charge in [0.2, 0.25) is 5.91 Å². The number of nitrogens with zero attached hydrogens (tertiary/aromatic N) is 3. The third kappa shape index (κ3) is 1.17. The maximum absolute atomic E-state index is 10.9. The van der Waals surface area contributed by atoms with Crippen LogP contribution in [-0.4, -0.2) is 10.9 Å². The van der Waals surface area contributed by atoms with Gasteiger partial charge in [0.05, 0.1) is 5.56 Å².